The van der Waals surface area contributed by atoms with Gasteiger partial charge in [0.15, 0.2) is 0 Å². The summed E-state index contributed by atoms with van der Waals surface area (Å²) in [6, 6.07) is 0. The Morgan fingerprint density at radius 3 is 2.61 bits per heavy atom. The van der Waals surface area contributed by atoms with E-state index >= 15 is 0 Å². The Hall–Kier alpha value is -1.31. The molecule has 8 heteroatoms. The molecule has 0 aromatic heterocycles. The third-order valence-corrected chi connectivity index (χ3v) is 3.90. The van der Waals surface area contributed by atoms with Crippen LogP contribution in [0.5, 0.6) is 0 Å². The number of carbonyl (C=O) groups is 2. The summed E-state index contributed by atoms with van der Waals surface area (Å²) in [6.45, 7) is 2.38. The number of hydrogen-bond acceptors (Lipinski definition) is 3. The van der Waals surface area contributed by atoms with Gasteiger partial charge in [-0.1, -0.05) is 6.92 Å². The van der Waals surface area contributed by atoms with Crippen molar-refractivity contribution < 1.29 is 27.9 Å². The Bertz CT molecular complexity index is 402. The molecular formula is C15H25F3N2O3. The van der Waals surface area contributed by atoms with Crippen LogP contribution < -0.4 is 0 Å². The van der Waals surface area contributed by atoms with Gasteiger partial charge in [-0.15, -0.1) is 0 Å². The highest BCUT2D eigenvalue weighted by Gasteiger charge is 2.36. The summed E-state index contributed by atoms with van der Waals surface area (Å²) < 4.78 is 37.8. The van der Waals surface area contributed by atoms with Crippen molar-refractivity contribution in [2.24, 2.45) is 5.92 Å². The highest BCUT2D eigenvalue weighted by atomic mass is 19.4. The maximum absolute atomic E-state index is 12.6. The molecular weight excluding hydrogens is 313 g/mol. The molecule has 5 nitrogen and oxygen atoms in total. The molecule has 0 aliphatic carbocycles. The second-order valence-electron chi connectivity index (χ2n) is 6.01. The summed E-state index contributed by atoms with van der Waals surface area (Å²) in [5, 5.41) is 8.64. The van der Waals surface area contributed by atoms with Crippen LogP contribution >= 0.6 is 0 Å². The second-order valence-corrected chi connectivity index (χ2v) is 6.01. The van der Waals surface area contributed by atoms with E-state index in [0.717, 1.165) is 17.9 Å². The second kappa shape index (κ2) is 9.10. The van der Waals surface area contributed by atoms with Crippen molar-refractivity contribution in [1.29, 1.82) is 0 Å². The molecule has 1 saturated heterocycles. The Balaban J connectivity index is 2.56. The molecule has 1 amide bonds. The standard InChI is InChI=1S/C15H25F3N2O3/c1-2-7-20(11-15(16,17)18)14(23)12-5-3-8-19(10-12)9-4-6-13(21)22/h12H,2-11H2,1H3,(H,21,22). The number of alkyl halides is 3. The van der Waals surface area contributed by atoms with E-state index in [1.54, 1.807) is 6.92 Å². The van der Waals surface area contributed by atoms with E-state index in [-0.39, 0.29) is 13.0 Å². The molecule has 1 aliphatic rings. The number of rotatable bonds is 8. The largest absolute Gasteiger partial charge is 0.481 e. The van der Waals surface area contributed by atoms with Crippen LogP contribution in [0, 0.1) is 5.92 Å². The van der Waals surface area contributed by atoms with Crippen molar-refractivity contribution in [2.75, 3.05) is 32.7 Å². The van der Waals surface area contributed by atoms with Crippen molar-refractivity contribution in [1.82, 2.24) is 9.80 Å². The van der Waals surface area contributed by atoms with Gasteiger partial charge in [-0.2, -0.15) is 13.2 Å². The first-order valence-electron chi connectivity index (χ1n) is 8.02. The van der Waals surface area contributed by atoms with Crippen LogP contribution in [0.15, 0.2) is 0 Å². The van der Waals surface area contributed by atoms with Gasteiger partial charge in [-0.25, -0.2) is 0 Å². The number of carboxylic acids is 1. The summed E-state index contributed by atoms with van der Waals surface area (Å²) in [5.41, 5.74) is 0. The highest BCUT2D eigenvalue weighted by Crippen LogP contribution is 2.23. The van der Waals surface area contributed by atoms with E-state index in [1.165, 1.54) is 0 Å². The lowest BCUT2D eigenvalue weighted by molar-refractivity contribution is -0.164. The van der Waals surface area contributed by atoms with Crippen molar-refractivity contribution in [3.8, 4) is 0 Å². The summed E-state index contributed by atoms with van der Waals surface area (Å²) in [5.74, 6) is -1.73. The lowest BCUT2D eigenvalue weighted by atomic mass is 9.96. The number of piperidine rings is 1. The Labute approximate surface area is 134 Å². The van der Waals surface area contributed by atoms with Gasteiger partial charge in [-0.05, 0) is 38.8 Å². The molecule has 134 valence electrons. The molecule has 0 aromatic carbocycles. The zero-order chi connectivity index (χ0) is 17.5. The normalized spacial score (nSPS) is 19.6. The van der Waals surface area contributed by atoms with Gasteiger partial charge in [0, 0.05) is 19.5 Å². The summed E-state index contributed by atoms with van der Waals surface area (Å²) >= 11 is 0. The first-order valence-corrected chi connectivity index (χ1v) is 8.02. The van der Waals surface area contributed by atoms with E-state index < -0.39 is 30.5 Å². The number of hydrogen-bond donors (Lipinski definition) is 1. The smallest absolute Gasteiger partial charge is 0.406 e. The maximum Gasteiger partial charge on any atom is 0.406 e. The third-order valence-electron chi connectivity index (χ3n) is 3.90. The molecule has 1 fully saturated rings. The fraction of sp³-hybridized carbons (Fsp3) is 0.867. The van der Waals surface area contributed by atoms with E-state index in [1.807, 2.05) is 4.90 Å². The summed E-state index contributed by atoms with van der Waals surface area (Å²) in [4.78, 5) is 25.8. The average Bonchev–Trinajstić information content (AvgIpc) is 2.44. The van der Waals surface area contributed by atoms with Crippen LogP contribution in [0.4, 0.5) is 13.2 Å². The predicted octanol–water partition coefficient (Wildman–Crippen LogP) is 2.36. The molecule has 0 spiro atoms. The zero-order valence-electron chi connectivity index (χ0n) is 13.4. The lowest BCUT2D eigenvalue weighted by Gasteiger charge is -2.35. The van der Waals surface area contributed by atoms with Gasteiger partial charge < -0.3 is 14.9 Å². The molecule has 1 atom stereocenters. The molecule has 0 saturated carbocycles. The number of likely N-dealkylation sites (tertiary alicyclic amines) is 1. The third kappa shape index (κ3) is 7.67. The lowest BCUT2D eigenvalue weighted by Crippen LogP contribution is -2.47. The van der Waals surface area contributed by atoms with Gasteiger partial charge >= 0.3 is 12.1 Å². The minimum Gasteiger partial charge on any atom is -0.481 e. The van der Waals surface area contributed by atoms with Crippen molar-refractivity contribution in [3.05, 3.63) is 0 Å². The number of carbonyl (C=O) groups excluding carboxylic acids is 1. The van der Waals surface area contributed by atoms with Gasteiger partial charge in [-0.3, -0.25) is 9.59 Å². The summed E-state index contributed by atoms with van der Waals surface area (Å²) in [6.07, 6.45) is -2.03. The predicted molar refractivity (Wildman–Crippen MR) is 79.0 cm³/mol. The average molecular weight is 338 g/mol. The zero-order valence-corrected chi connectivity index (χ0v) is 13.4. The van der Waals surface area contributed by atoms with Crippen LogP contribution in [-0.2, 0) is 9.59 Å². The van der Waals surface area contributed by atoms with Crippen molar-refractivity contribution in [2.45, 2.75) is 45.2 Å². The molecule has 23 heavy (non-hydrogen) atoms. The molecule has 0 bridgehead atoms. The maximum atomic E-state index is 12.6. The Morgan fingerprint density at radius 1 is 1.35 bits per heavy atom. The molecule has 0 aromatic rings. The van der Waals surface area contributed by atoms with E-state index in [2.05, 4.69) is 0 Å². The number of carboxylic acid groups (broad SMARTS) is 1. The Kier molecular flexibility index (Phi) is 7.81. The van der Waals surface area contributed by atoms with E-state index in [9.17, 15) is 22.8 Å². The van der Waals surface area contributed by atoms with Gasteiger partial charge in [0.1, 0.15) is 6.54 Å². The molecule has 1 unspecified atom stereocenters. The van der Waals surface area contributed by atoms with Crippen molar-refractivity contribution in [3.63, 3.8) is 0 Å². The first kappa shape index (κ1) is 19.7. The monoisotopic (exact) mass is 338 g/mol. The number of nitrogens with zero attached hydrogens (tertiary/aromatic N) is 2. The first-order chi connectivity index (χ1) is 10.7. The van der Waals surface area contributed by atoms with Gasteiger partial charge in [0.25, 0.3) is 0 Å². The highest BCUT2D eigenvalue weighted by molar-refractivity contribution is 5.79. The number of halogens is 3. The van der Waals surface area contributed by atoms with Gasteiger partial charge in [0.2, 0.25) is 5.91 Å². The van der Waals surface area contributed by atoms with Crippen LogP contribution in [0.2, 0.25) is 0 Å². The fourth-order valence-electron chi connectivity index (χ4n) is 2.93. The fourth-order valence-corrected chi connectivity index (χ4v) is 2.93. The van der Waals surface area contributed by atoms with Crippen LogP contribution in [0.3, 0.4) is 0 Å². The molecule has 1 aliphatic heterocycles. The minimum absolute atomic E-state index is 0.0607. The molecule has 1 N–H and O–H groups in total. The van der Waals surface area contributed by atoms with Crippen molar-refractivity contribution >= 4 is 11.9 Å². The molecule has 1 heterocycles. The topological polar surface area (TPSA) is 60.9 Å². The number of amides is 1. The number of aliphatic carboxylic acids is 1. The molecule has 0 radical (unpaired) electrons. The van der Waals surface area contributed by atoms with Crippen LogP contribution in [0.1, 0.15) is 39.0 Å². The quantitative estimate of drug-likeness (QED) is 0.738. The summed E-state index contributed by atoms with van der Waals surface area (Å²) in [7, 11) is 0. The SMILES string of the molecule is CCCN(CC(F)(F)F)C(=O)C1CCCN(CCCC(=O)O)C1. The van der Waals surface area contributed by atoms with Crippen LogP contribution in [0.25, 0.3) is 0 Å². The van der Waals surface area contributed by atoms with Crippen LogP contribution in [-0.4, -0.2) is 65.7 Å². The minimum atomic E-state index is -4.39. The Morgan fingerprint density at radius 2 is 2.04 bits per heavy atom. The molecule has 1 rings (SSSR count). The van der Waals surface area contributed by atoms with E-state index in [4.69, 9.17) is 5.11 Å². The van der Waals surface area contributed by atoms with E-state index in [0.29, 0.717) is 32.4 Å². The van der Waals surface area contributed by atoms with Gasteiger partial charge in [0.05, 0.1) is 5.92 Å².